The van der Waals surface area contributed by atoms with Crippen molar-refractivity contribution in [3.05, 3.63) is 36.5 Å². The molecule has 1 amide bonds. The van der Waals surface area contributed by atoms with Gasteiger partial charge in [-0.15, -0.1) is 0 Å². The third kappa shape index (κ3) is 71.0. The van der Waals surface area contributed by atoms with Gasteiger partial charge in [0, 0.05) is 12.8 Å². The van der Waals surface area contributed by atoms with Crippen LogP contribution in [-0.2, 0) is 14.3 Å². The molecule has 85 heavy (non-hydrogen) atoms. The van der Waals surface area contributed by atoms with Crippen LogP contribution < -0.4 is 5.32 Å². The summed E-state index contributed by atoms with van der Waals surface area (Å²) in [6.07, 6.45) is 96.6. The van der Waals surface area contributed by atoms with Gasteiger partial charge in [0.25, 0.3) is 0 Å². The molecule has 0 aliphatic carbocycles. The summed E-state index contributed by atoms with van der Waals surface area (Å²) in [6.45, 7) is 4.95. The van der Waals surface area contributed by atoms with Gasteiger partial charge in [0.2, 0.25) is 5.91 Å². The summed E-state index contributed by atoms with van der Waals surface area (Å²) < 4.78 is 5.49. The van der Waals surface area contributed by atoms with Crippen molar-refractivity contribution in [1.29, 1.82) is 0 Å². The van der Waals surface area contributed by atoms with Gasteiger partial charge in [-0.25, -0.2) is 0 Å². The molecule has 2 atom stereocenters. The van der Waals surface area contributed by atoms with Crippen molar-refractivity contribution in [2.24, 2.45) is 0 Å². The molecular formula is C79H151NO5. The monoisotopic (exact) mass is 1190 g/mol. The zero-order chi connectivity index (χ0) is 61.3. The number of rotatable bonds is 73. The van der Waals surface area contributed by atoms with Crippen molar-refractivity contribution in [2.75, 3.05) is 13.2 Å². The number of carbonyl (C=O) groups excluding carboxylic acids is 2. The average molecular weight is 1200 g/mol. The molecule has 0 aliphatic heterocycles. The van der Waals surface area contributed by atoms with Gasteiger partial charge in [-0.3, -0.25) is 9.59 Å². The van der Waals surface area contributed by atoms with Crippen molar-refractivity contribution in [3.8, 4) is 0 Å². The molecule has 0 aromatic heterocycles. The maximum atomic E-state index is 12.5. The lowest BCUT2D eigenvalue weighted by Gasteiger charge is -2.22. The molecule has 2 unspecified atom stereocenters. The number of ether oxygens (including phenoxy) is 1. The van der Waals surface area contributed by atoms with Crippen LogP contribution >= 0.6 is 0 Å². The Balaban J connectivity index is 3.33. The van der Waals surface area contributed by atoms with Crippen LogP contribution in [0.3, 0.4) is 0 Å². The number of nitrogens with one attached hydrogen (secondary N) is 1. The number of esters is 1. The average Bonchev–Trinajstić information content (AvgIpc) is 3.50. The van der Waals surface area contributed by atoms with E-state index < -0.39 is 12.1 Å². The van der Waals surface area contributed by atoms with Crippen molar-refractivity contribution < 1.29 is 24.5 Å². The molecule has 3 N–H and O–H groups in total. The maximum Gasteiger partial charge on any atom is 0.305 e. The van der Waals surface area contributed by atoms with E-state index in [2.05, 4.69) is 55.6 Å². The Kier molecular flexibility index (Phi) is 72.9. The van der Waals surface area contributed by atoms with Crippen LogP contribution in [-0.4, -0.2) is 47.4 Å². The van der Waals surface area contributed by atoms with E-state index in [4.69, 9.17) is 4.74 Å². The number of hydrogen-bond donors (Lipinski definition) is 3. The molecule has 0 saturated carbocycles. The number of aliphatic hydroxyl groups is 2. The Morgan fingerprint density at radius 1 is 0.329 bits per heavy atom. The fourth-order valence-electron chi connectivity index (χ4n) is 12.2. The lowest BCUT2D eigenvalue weighted by atomic mass is 10.0. The molecule has 0 radical (unpaired) electrons. The molecule has 502 valence electrons. The number of aliphatic hydroxyl groups excluding tert-OH is 2. The molecule has 0 spiro atoms. The van der Waals surface area contributed by atoms with E-state index in [9.17, 15) is 19.8 Å². The largest absolute Gasteiger partial charge is 0.466 e. The molecule has 0 aliphatic rings. The smallest absolute Gasteiger partial charge is 0.305 e. The first kappa shape index (κ1) is 83.1. The van der Waals surface area contributed by atoms with E-state index in [1.807, 2.05) is 0 Å². The highest BCUT2D eigenvalue weighted by Gasteiger charge is 2.20. The van der Waals surface area contributed by atoms with Gasteiger partial charge < -0.3 is 20.3 Å². The second-order valence-electron chi connectivity index (χ2n) is 26.7. The van der Waals surface area contributed by atoms with Gasteiger partial charge in [0.1, 0.15) is 0 Å². The lowest BCUT2D eigenvalue weighted by molar-refractivity contribution is -0.143. The summed E-state index contributed by atoms with van der Waals surface area (Å²) in [5.74, 6) is -0.0199. The fraction of sp³-hybridized carbons (Fsp3) is 0.899. The van der Waals surface area contributed by atoms with Crippen LogP contribution in [0.1, 0.15) is 431 Å². The number of unbranched alkanes of at least 4 members (excludes halogenated alkanes) is 56. The highest BCUT2D eigenvalue weighted by molar-refractivity contribution is 5.76. The SMILES string of the molecule is CCCC/C=C\C/C=C\CCCCCCCC(=O)OCCCCCCCCCCCCCCCCCC/C=C\CCCCCCCCCCCCCCCCCCCC(=O)NC(CO)C(O)CCCCCCCCCCCCCCCCCCC. The van der Waals surface area contributed by atoms with Crippen LogP contribution in [0.25, 0.3) is 0 Å². The molecule has 0 bridgehead atoms. The molecule has 0 saturated heterocycles. The van der Waals surface area contributed by atoms with Crippen LogP contribution in [0.2, 0.25) is 0 Å². The molecule has 6 heteroatoms. The lowest BCUT2D eigenvalue weighted by Crippen LogP contribution is -2.45. The highest BCUT2D eigenvalue weighted by atomic mass is 16.5. The van der Waals surface area contributed by atoms with E-state index in [0.29, 0.717) is 25.9 Å². The number of hydrogen-bond acceptors (Lipinski definition) is 5. The van der Waals surface area contributed by atoms with E-state index in [1.165, 1.54) is 347 Å². The van der Waals surface area contributed by atoms with E-state index >= 15 is 0 Å². The molecule has 0 aromatic carbocycles. The molecular weight excluding hydrogens is 1040 g/mol. The van der Waals surface area contributed by atoms with Crippen LogP contribution in [0.4, 0.5) is 0 Å². The van der Waals surface area contributed by atoms with Crippen molar-refractivity contribution >= 4 is 11.9 Å². The van der Waals surface area contributed by atoms with E-state index in [1.54, 1.807) is 0 Å². The predicted molar refractivity (Wildman–Crippen MR) is 375 cm³/mol. The first-order chi connectivity index (χ1) is 42.0. The van der Waals surface area contributed by atoms with Crippen molar-refractivity contribution in [2.45, 2.75) is 443 Å². The summed E-state index contributed by atoms with van der Waals surface area (Å²) in [6, 6.07) is -0.539. The van der Waals surface area contributed by atoms with Crippen LogP contribution in [0.15, 0.2) is 36.5 Å². The van der Waals surface area contributed by atoms with Crippen molar-refractivity contribution in [3.63, 3.8) is 0 Å². The van der Waals surface area contributed by atoms with Crippen LogP contribution in [0.5, 0.6) is 0 Å². The molecule has 6 nitrogen and oxygen atoms in total. The van der Waals surface area contributed by atoms with Gasteiger partial charge in [0.15, 0.2) is 0 Å². The first-order valence-corrected chi connectivity index (χ1v) is 38.7. The normalized spacial score (nSPS) is 12.7. The van der Waals surface area contributed by atoms with E-state index in [0.717, 1.165) is 51.4 Å². The maximum absolute atomic E-state index is 12.5. The Morgan fingerprint density at radius 3 is 0.941 bits per heavy atom. The highest BCUT2D eigenvalue weighted by Crippen LogP contribution is 2.20. The Bertz CT molecular complexity index is 1380. The number of amides is 1. The topological polar surface area (TPSA) is 95.9 Å². The Morgan fingerprint density at radius 2 is 0.600 bits per heavy atom. The molecule has 0 rings (SSSR count). The number of carbonyl (C=O) groups is 2. The van der Waals surface area contributed by atoms with Crippen LogP contribution in [0, 0.1) is 0 Å². The zero-order valence-electron chi connectivity index (χ0n) is 57.6. The van der Waals surface area contributed by atoms with Gasteiger partial charge >= 0.3 is 5.97 Å². The van der Waals surface area contributed by atoms with Gasteiger partial charge in [-0.05, 0) is 77.0 Å². The molecule has 0 heterocycles. The summed E-state index contributed by atoms with van der Waals surface area (Å²) in [5, 5.41) is 23.4. The third-order valence-electron chi connectivity index (χ3n) is 18.2. The second kappa shape index (κ2) is 74.5. The standard InChI is InChI=1S/C79H151NO5/c1-3-5-7-9-11-13-15-17-19-41-44-47-51-55-59-63-67-71-77(82)76(75-81)80-78(83)72-68-64-60-56-52-48-45-42-39-37-35-33-31-29-27-25-23-21-20-22-24-26-28-30-32-34-36-38-40-43-46-50-54-58-62-66-70-74-85-79(84)73-69-65-61-57-53-49-18-16-14-12-10-8-6-4-2/h10,12,16,18,20,22,76-77,81-82H,3-9,11,13-15,17,19,21,23-75H2,1-2H3,(H,80,83)/b12-10-,18-16-,22-20-. The van der Waals surface area contributed by atoms with Gasteiger partial charge in [-0.1, -0.05) is 378 Å². The Labute approximate surface area is 532 Å². The Hall–Kier alpha value is -1.92. The third-order valence-corrected chi connectivity index (χ3v) is 18.2. The van der Waals surface area contributed by atoms with Gasteiger partial charge in [0.05, 0.1) is 25.4 Å². The van der Waals surface area contributed by atoms with Gasteiger partial charge in [-0.2, -0.15) is 0 Å². The molecule has 0 fully saturated rings. The first-order valence-electron chi connectivity index (χ1n) is 38.7. The second-order valence-corrected chi connectivity index (χ2v) is 26.7. The summed E-state index contributed by atoms with van der Waals surface area (Å²) in [7, 11) is 0. The minimum atomic E-state index is -0.662. The van der Waals surface area contributed by atoms with Crippen molar-refractivity contribution in [1.82, 2.24) is 5.32 Å². The van der Waals surface area contributed by atoms with E-state index in [-0.39, 0.29) is 18.5 Å². The minimum Gasteiger partial charge on any atom is -0.466 e. The summed E-state index contributed by atoms with van der Waals surface area (Å²) in [5.41, 5.74) is 0. The molecule has 0 aromatic rings. The fourth-order valence-corrected chi connectivity index (χ4v) is 12.2. The minimum absolute atomic E-state index is 0.00722. The summed E-state index contributed by atoms with van der Waals surface area (Å²) in [4.78, 5) is 24.6. The predicted octanol–water partition coefficient (Wildman–Crippen LogP) is 25.4. The number of allylic oxidation sites excluding steroid dienone is 6. The zero-order valence-corrected chi connectivity index (χ0v) is 57.6. The summed E-state index contributed by atoms with van der Waals surface area (Å²) >= 11 is 0. The quantitative estimate of drug-likeness (QED) is 0.0320.